The zero-order valence-electron chi connectivity index (χ0n) is 10.8. The molecule has 0 spiro atoms. The minimum Gasteiger partial charge on any atom is -0.374 e. The van der Waals surface area contributed by atoms with E-state index in [1.165, 1.54) is 0 Å². The van der Waals surface area contributed by atoms with Crippen molar-refractivity contribution in [2.75, 3.05) is 18.9 Å². The van der Waals surface area contributed by atoms with Gasteiger partial charge in [0.15, 0.2) is 5.78 Å². The molecule has 1 heterocycles. The summed E-state index contributed by atoms with van der Waals surface area (Å²) >= 11 is 0. The molecule has 18 heavy (non-hydrogen) atoms. The van der Waals surface area contributed by atoms with E-state index >= 15 is 0 Å². The third-order valence-electron chi connectivity index (χ3n) is 3.30. The normalized spacial score (nSPS) is 19.1. The van der Waals surface area contributed by atoms with E-state index in [4.69, 9.17) is 0 Å². The van der Waals surface area contributed by atoms with Gasteiger partial charge in [-0.2, -0.15) is 0 Å². The first-order valence-corrected chi connectivity index (χ1v) is 6.26. The summed E-state index contributed by atoms with van der Waals surface area (Å²) in [4.78, 5) is 25.0. The van der Waals surface area contributed by atoms with Gasteiger partial charge in [0.05, 0.1) is 0 Å². The van der Waals surface area contributed by atoms with Gasteiger partial charge < -0.3 is 10.2 Å². The van der Waals surface area contributed by atoms with E-state index in [0.717, 1.165) is 24.2 Å². The summed E-state index contributed by atoms with van der Waals surface area (Å²) in [7, 11) is 1.81. The Morgan fingerprint density at radius 3 is 2.56 bits per heavy atom. The lowest BCUT2D eigenvalue weighted by atomic mass is 10.1. The van der Waals surface area contributed by atoms with E-state index in [9.17, 15) is 9.59 Å². The lowest BCUT2D eigenvalue weighted by Gasteiger charge is -2.13. The van der Waals surface area contributed by atoms with Crippen molar-refractivity contribution in [3.8, 4) is 0 Å². The number of carbonyl (C=O) groups is 2. The quantitative estimate of drug-likeness (QED) is 0.826. The van der Waals surface area contributed by atoms with Crippen LogP contribution in [0.2, 0.25) is 0 Å². The number of anilines is 1. The molecule has 2 rings (SSSR count). The van der Waals surface area contributed by atoms with Crippen LogP contribution < -0.4 is 5.32 Å². The van der Waals surface area contributed by atoms with Crippen molar-refractivity contribution < 1.29 is 9.59 Å². The Bertz CT molecular complexity index is 453. The molecule has 1 aromatic rings. The Morgan fingerprint density at radius 2 is 2.06 bits per heavy atom. The van der Waals surface area contributed by atoms with Crippen LogP contribution in [0.1, 0.15) is 30.1 Å². The topological polar surface area (TPSA) is 49.4 Å². The Morgan fingerprint density at radius 1 is 1.39 bits per heavy atom. The average molecular weight is 246 g/mol. The Labute approximate surface area is 107 Å². The zero-order chi connectivity index (χ0) is 13.1. The van der Waals surface area contributed by atoms with Crippen LogP contribution in [0, 0.1) is 0 Å². The first-order valence-electron chi connectivity index (χ1n) is 6.26. The predicted molar refractivity (Wildman–Crippen MR) is 70.7 cm³/mol. The molecule has 1 amide bonds. The van der Waals surface area contributed by atoms with Crippen molar-refractivity contribution in [3.05, 3.63) is 29.8 Å². The summed E-state index contributed by atoms with van der Waals surface area (Å²) < 4.78 is 0. The van der Waals surface area contributed by atoms with Gasteiger partial charge in [0.1, 0.15) is 6.04 Å². The first-order chi connectivity index (χ1) is 8.61. The summed E-state index contributed by atoms with van der Waals surface area (Å²) in [6.07, 6.45) is 1.34. The molecule has 1 unspecified atom stereocenters. The fourth-order valence-corrected chi connectivity index (χ4v) is 2.11. The molecule has 1 aromatic carbocycles. The smallest absolute Gasteiger partial charge is 0.244 e. The highest BCUT2D eigenvalue weighted by Gasteiger charge is 2.28. The van der Waals surface area contributed by atoms with Gasteiger partial charge in [-0.3, -0.25) is 9.59 Å². The predicted octanol–water partition coefficient (Wildman–Crippen LogP) is 1.92. The summed E-state index contributed by atoms with van der Waals surface area (Å²) in [5.74, 6) is 0.266. The molecule has 4 nitrogen and oxygen atoms in total. The second kappa shape index (κ2) is 5.21. The largest absolute Gasteiger partial charge is 0.374 e. The number of amides is 1. The number of likely N-dealkylation sites (tertiary alicyclic amines) is 1. The lowest BCUT2D eigenvalue weighted by Crippen LogP contribution is -2.30. The number of ketones is 1. The monoisotopic (exact) mass is 246 g/mol. The Balaban J connectivity index is 2.03. The van der Waals surface area contributed by atoms with Crippen LogP contribution in [0.4, 0.5) is 5.69 Å². The minimum atomic E-state index is -0.136. The number of hydrogen-bond acceptors (Lipinski definition) is 3. The third-order valence-corrected chi connectivity index (χ3v) is 3.30. The van der Waals surface area contributed by atoms with E-state index < -0.39 is 0 Å². The van der Waals surface area contributed by atoms with E-state index in [1.807, 2.05) is 26.1 Å². The van der Waals surface area contributed by atoms with Crippen molar-refractivity contribution >= 4 is 17.4 Å². The second-order valence-electron chi connectivity index (χ2n) is 4.60. The summed E-state index contributed by atoms with van der Waals surface area (Å²) in [5, 5.41) is 3.20. The molecule has 1 aliphatic rings. The molecule has 1 atom stereocenters. The van der Waals surface area contributed by atoms with Crippen molar-refractivity contribution in [3.63, 3.8) is 0 Å². The van der Waals surface area contributed by atoms with Crippen LogP contribution in [0.3, 0.4) is 0 Å². The minimum absolute atomic E-state index is 0.128. The maximum Gasteiger partial charge on any atom is 0.244 e. The number of nitrogens with one attached hydrogen (secondary N) is 1. The second-order valence-corrected chi connectivity index (χ2v) is 4.60. The molecule has 0 saturated carbocycles. The SMILES string of the molecule is CCC(=O)c1ccc(NC2CCN(C)C2=O)cc1. The molecular formula is C14H18N2O2. The summed E-state index contributed by atoms with van der Waals surface area (Å²) in [5.41, 5.74) is 1.61. The molecule has 0 aliphatic carbocycles. The molecule has 0 aromatic heterocycles. The number of carbonyl (C=O) groups excluding carboxylic acids is 2. The van der Waals surface area contributed by atoms with Crippen molar-refractivity contribution in [2.45, 2.75) is 25.8 Å². The maximum absolute atomic E-state index is 11.7. The van der Waals surface area contributed by atoms with E-state index in [2.05, 4.69) is 5.32 Å². The summed E-state index contributed by atoms with van der Waals surface area (Å²) in [6, 6.07) is 7.18. The molecule has 1 saturated heterocycles. The van der Waals surface area contributed by atoms with Crippen LogP contribution >= 0.6 is 0 Å². The highest BCUT2D eigenvalue weighted by molar-refractivity contribution is 5.96. The first kappa shape index (κ1) is 12.6. The Kier molecular flexibility index (Phi) is 3.65. The van der Waals surface area contributed by atoms with Crippen LogP contribution in [-0.4, -0.2) is 36.2 Å². The highest BCUT2D eigenvalue weighted by atomic mass is 16.2. The van der Waals surface area contributed by atoms with E-state index in [1.54, 1.807) is 17.0 Å². The fraction of sp³-hybridized carbons (Fsp3) is 0.429. The molecule has 0 radical (unpaired) electrons. The van der Waals surface area contributed by atoms with Crippen molar-refractivity contribution in [2.24, 2.45) is 0 Å². The molecule has 1 N–H and O–H groups in total. The van der Waals surface area contributed by atoms with Gasteiger partial charge in [-0.15, -0.1) is 0 Å². The van der Waals surface area contributed by atoms with Gasteiger partial charge >= 0.3 is 0 Å². The van der Waals surface area contributed by atoms with E-state index in [0.29, 0.717) is 6.42 Å². The zero-order valence-corrected chi connectivity index (χ0v) is 10.8. The lowest BCUT2D eigenvalue weighted by molar-refractivity contribution is -0.127. The molecule has 1 fully saturated rings. The number of hydrogen-bond donors (Lipinski definition) is 1. The Hall–Kier alpha value is -1.84. The van der Waals surface area contributed by atoms with Crippen molar-refractivity contribution in [1.29, 1.82) is 0 Å². The van der Waals surface area contributed by atoms with Gasteiger partial charge in [0, 0.05) is 31.3 Å². The molecule has 96 valence electrons. The van der Waals surface area contributed by atoms with Gasteiger partial charge in [-0.05, 0) is 30.7 Å². The number of likely N-dealkylation sites (N-methyl/N-ethyl adjacent to an activating group) is 1. The fourth-order valence-electron chi connectivity index (χ4n) is 2.11. The van der Waals surface area contributed by atoms with E-state index in [-0.39, 0.29) is 17.7 Å². The number of rotatable bonds is 4. The number of Topliss-reactive ketones (excluding diaryl/α,β-unsaturated/α-hetero) is 1. The number of nitrogens with zero attached hydrogens (tertiary/aromatic N) is 1. The van der Waals surface area contributed by atoms with Crippen LogP contribution in [0.5, 0.6) is 0 Å². The number of benzene rings is 1. The van der Waals surface area contributed by atoms with Gasteiger partial charge in [0.2, 0.25) is 5.91 Å². The third kappa shape index (κ3) is 2.53. The summed E-state index contributed by atoms with van der Waals surface area (Å²) in [6.45, 7) is 2.64. The molecule has 1 aliphatic heterocycles. The van der Waals surface area contributed by atoms with Crippen molar-refractivity contribution in [1.82, 2.24) is 4.90 Å². The maximum atomic E-state index is 11.7. The molecule has 4 heteroatoms. The average Bonchev–Trinajstić information content (AvgIpc) is 2.71. The van der Waals surface area contributed by atoms with Crippen LogP contribution in [0.25, 0.3) is 0 Å². The molecular weight excluding hydrogens is 228 g/mol. The van der Waals surface area contributed by atoms with Crippen LogP contribution in [-0.2, 0) is 4.79 Å². The standard InChI is InChI=1S/C14H18N2O2/c1-3-13(17)10-4-6-11(7-5-10)15-12-8-9-16(2)14(12)18/h4-7,12,15H,3,8-9H2,1-2H3. The van der Waals surface area contributed by atoms with Gasteiger partial charge in [-0.1, -0.05) is 6.92 Å². The van der Waals surface area contributed by atoms with Gasteiger partial charge in [0.25, 0.3) is 0 Å². The highest BCUT2D eigenvalue weighted by Crippen LogP contribution is 2.17. The van der Waals surface area contributed by atoms with Gasteiger partial charge in [-0.25, -0.2) is 0 Å². The van der Waals surface area contributed by atoms with Crippen LogP contribution in [0.15, 0.2) is 24.3 Å². The molecule has 0 bridgehead atoms.